The van der Waals surface area contributed by atoms with Crippen LogP contribution in [0.3, 0.4) is 0 Å². The van der Waals surface area contributed by atoms with E-state index in [1.807, 2.05) is 6.92 Å². The highest BCUT2D eigenvalue weighted by atomic mass is 19.3. The van der Waals surface area contributed by atoms with E-state index < -0.39 is 41.7 Å². The van der Waals surface area contributed by atoms with E-state index in [9.17, 15) is 23.2 Å². The molecule has 1 fully saturated rings. The number of carbonyl (C=O) groups excluding carboxylic acids is 3. The molecule has 8 nitrogen and oxygen atoms in total. The minimum Gasteiger partial charge on any atom is -0.460 e. The van der Waals surface area contributed by atoms with Gasteiger partial charge in [-0.25, -0.2) is 13.2 Å². The van der Waals surface area contributed by atoms with E-state index >= 15 is 4.39 Å². The third-order valence-corrected chi connectivity index (χ3v) is 7.07. The lowest BCUT2D eigenvalue weighted by Crippen LogP contribution is -2.49. The molecule has 0 aromatic heterocycles. The number of alkyl halides is 2. The van der Waals surface area contributed by atoms with Crippen LogP contribution in [0.4, 0.5) is 13.2 Å². The molecule has 0 saturated carbocycles. The molecule has 0 bridgehead atoms. The van der Waals surface area contributed by atoms with Gasteiger partial charge in [-0.3, -0.25) is 14.4 Å². The van der Waals surface area contributed by atoms with Crippen molar-refractivity contribution in [2.24, 2.45) is 5.73 Å². The maximum atomic E-state index is 15.7. The zero-order chi connectivity index (χ0) is 28.9. The summed E-state index contributed by atoms with van der Waals surface area (Å²) >= 11 is 0. The van der Waals surface area contributed by atoms with E-state index in [0.717, 1.165) is 12.8 Å². The van der Waals surface area contributed by atoms with Crippen molar-refractivity contribution in [3.05, 3.63) is 34.6 Å². The molecule has 0 unspecified atom stereocenters. The fraction of sp³-hybridized carbons (Fsp3) is 0.679. The van der Waals surface area contributed by atoms with Gasteiger partial charge in [0.1, 0.15) is 17.5 Å². The van der Waals surface area contributed by atoms with E-state index in [2.05, 4.69) is 5.32 Å². The van der Waals surface area contributed by atoms with Gasteiger partial charge in [0.15, 0.2) is 0 Å². The summed E-state index contributed by atoms with van der Waals surface area (Å²) in [5.74, 6) is -2.38. The van der Waals surface area contributed by atoms with Crippen molar-refractivity contribution < 1.29 is 37.0 Å². The second kappa shape index (κ2) is 13.1. The smallest absolute Gasteiger partial charge is 0.306 e. The fourth-order valence-electron chi connectivity index (χ4n) is 5.20. The zero-order valence-corrected chi connectivity index (χ0v) is 23.1. The van der Waals surface area contributed by atoms with Gasteiger partial charge in [-0.05, 0) is 65.0 Å². The Morgan fingerprint density at radius 3 is 2.59 bits per heavy atom. The maximum Gasteiger partial charge on any atom is 0.306 e. The molecule has 4 atom stereocenters. The highest BCUT2D eigenvalue weighted by Crippen LogP contribution is 2.31. The number of nitrogens with one attached hydrogen (secondary N) is 1. The highest BCUT2D eigenvalue weighted by Gasteiger charge is 2.38. The molecule has 218 valence electrons. The van der Waals surface area contributed by atoms with Gasteiger partial charge in [-0.1, -0.05) is 6.07 Å². The van der Waals surface area contributed by atoms with Crippen LogP contribution in [-0.4, -0.2) is 65.5 Å². The largest absolute Gasteiger partial charge is 0.460 e. The molecule has 2 heterocycles. The molecule has 3 rings (SSSR count). The Hall–Kier alpha value is -2.66. The van der Waals surface area contributed by atoms with Crippen LogP contribution in [0.5, 0.6) is 0 Å². The Morgan fingerprint density at radius 1 is 1.23 bits per heavy atom. The number of nitrogens with zero attached hydrogens (tertiary/aromatic N) is 1. The SMILES string of the molecule is C[C@H](CCC(F)F)N[C@H]1CCCO[C@@H]1Cc1ccc2c(c1F)CN([C@@H](CCC(=O)OC(C)(C)C)C(N)=O)C2=O. The molecule has 2 aliphatic heterocycles. The Labute approximate surface area is 227 Å². The number of hydrogen-bond acceptors (Lipinski definition) is 6. The summed E-state index contributed by atoms with van der Waals surface area (Å²) in [6.07, 6.45) is -0.925. The zero-order valence-electron chi connectivity index (χ0n) is 23.1. The number of nitrogens with two attached hydrogens (primary N) is 1. The van der Waals surface area contributed by atoms with Crippen molar-refractivity contribution in [3.8, 4) is 0 Å². The second-order valence-corrected chi connectivity index (χ2v) is 11.4. The number of fused-ring (bicyclic) bond motifs is 1. The molecule has 39 heavy (non-hydrogen) atoms. The quantitative estimate of drug-likeness (QED) is 0.379. The Morgan fingerprint density at radius 2 is 1.95 bits per heavy atom. The van der Waals surface area contributed by atoms with Crippen LogP contribution in [-0.2, 0) is 32.0 Å². The Kier molecular flexibility index (Phi) is 10.4. The van der Waals surface area contributed by atoms with Gasteiger partial charge >= 0.3 is 5.97 Å². The number of esters is 1. The van der Waals surface area contributed by atoms with Crippen molar-refractivity contribution in [1.29, 1.82) is 0 Å². The molecule has 2 amide bonds. The van der Waals surface area contributed by atoms with Crippen molar-refractivity contribution in [2.45, 2.75) is 115 Å². The number of hydrogen-bond donors (Lipinski definition) is 2. The lowest BCUT2D eigenvalue weighted by molar-refractivity contribution is -0.155. The molecule has 11 heteroatoms. The molecular formula is C28H40F3N3O5. The van der Waals surface area contributed by atoms with Crippen molar-refractivity contribution in [2.75, 3.05) is 6.61 Å². The van der Waals surface area contributed by atoms with Crippen LogP contribution in [0.2, 0.25) is 0 Å². The topological polar surface area (TPSA) is 111 Å². The molecule has 3 N–H and O–H groups in total. The molecule has 0 spiro atoms. The molecular weight excluding hydrogens is 515 g/mol. The molecule has 0 aliphatic carbocycles. The first kappa shape index (κ1) is 30.9. The first-order valence-electron chi connectivity index (χ1n) is 13.5. The molecule has 2 aliphatic rings. The first-order chi connectivity index (χ1) is 18.3. The Bertz CT molecular complexity index is 1050. The van der Waals surface area contributed by atoms with Crippen LogP contribution < -0.4 is 11.1 Å². The van der Waals surface area contributed by atoms with E-state index in [1.54, 1.807) is 32.9 Å². The molecule has 1 aromatic rings. The Balaban J connectivity index is 1.70. The number of amides is 2. The summed E-state index contributed by atoms with van der Waals surface area (Å²) < 4.78 is 52.1. The summed E-state index contributed by atoms with van der Waals surface area (Å²) in [4.78, 5) is 38.7. The average Bonchev–Trinajstić information content (AvgIpc) is 3.16. The van der Waals surface area contributed by atoms with Crippen LogP contribution in [0, 0.1) is 5.82 Å². The lowest BCUT2D eigenvalue weighted by Gasteiger charge is -2.35. The summed E-state index contributed by atoms with van der Waals surface area (Å²) in [7, 11) is 0. The van der Waals surface area contributed by atoms with Crippen LogP contribution in [0.25, 0.3) is 0 Å². The van der Waals surface area contributed by atoms with Gasteiger partial charge in [-0.2, -0.15) is 0 Å². The lowest BCUT2D eigenvalue weighted by atomic mass is 9.93. The van der Waals surface area contributed by atoms with Crippen LogP contribution >= 0.6 is 0 Å². The van der Waals surface area contributed by atoms with Gasteiger partial charge in [0.2, 0.25) is 12.3 Å². The first-order valence-corrected chi connectivity index (χ1v) is 13.5. The van der Waals surface area contributed by atoms with Crippen LogP contribution in [0.15, 0.2) is 12.1 Å². The number of rotatable bonds is 12. The maximum absolute atomic E-state index is 15.7. The van der Waals surface area contributed by atoms with Gasteiger partial charge in [-0.15, -0.1) is 0 Å². The summed E-state index contributed by atoms with van der Waals surface area (Å²) in [5.41, 5.74) is 5.57. The van der Waals surface area contributed by atoms with Gasteiger partial charge in [0.25, 0.3) is 5.91 Å². The highest BCUT2D eigenvalue weighted by molar-refractivity contribution is 6.01. The number of carbonyl (C=O) groups is 3. The third-order valence-electron chi connectivity index (χ3n) is 7.07. The molecule has 0 radical (unpaired) electrons. The number of halogens is 3. The van der Waals surface area contributed by atoms with Gasteiger partial charge in [0.05, 0.1) is 12.6 Å². The normalized spacial score (nSPS) is 21.1. The minimum atomic E-state index is -2.36. The van der Waals surface area contributed by atoms with Crippen molar-refractivity contribution in [3.63, 3.8) is 0 Å². The summed E-state index contributed by atoms with van der Waals surface area (Å²) in [5, 5.41) is 3.36. The molecule has 1 aromatic carbocycles. The predicted molar refractivity (Wildman–Crippen MR) is 139 cm³/mol. The van der Waals surface area contributed by atoms with E-state index in [0.29, 0.717) is 18.6 Å². The predicted octanol–water partition coefficient (Wildman–Crippen LogP) is 3.87. The van der Waals surface area contributed by atoms with Crippen molar-refractivity contribution >= 4 is 17.8 Å². The number of ether oxygens (including phenoxy) is 2. The fourth-order valence-corrected chi connectivity index (χ4v) is 5.20. The van der Waals surface area contributed by atoms with E-state index in [4.69, 9.17) is 15.2 Å². The number of primary amides is 1. The second-order valence-electron chi connectivity index (χ2n) is 11.4. The average molecular weight is 556 g/mol. The number of benzene rings is 1. The van der Waals surface area contributed by atoms with E-state index in [1.165, 1.54) is 4.90 Å². The van der Waals surface area contributed by atoms with Gasteiger partial charge < -0.3 is 25.4 Å². The molecule has 1 saturated heterocycles. The monoisotopic (exact) mass is 555 g/mol. The van der Waals surface area contributed by atoms with Crippen LogP contribution in [0.1, 0.15) is 87.7 Å². The standard InChI is InChI=1S/C28H40F3N3O5/c1-16(7-11-23(29)30)33-20-6-5-13-38-22(20)14-17-8-9-18-19(25(17)31)15-34(27(18)37)21(26(32)36)10-12-24(35)39-28(2,3)4/h8-9,16,20-23,33H,5-7,10-15H2,1-4H3,(H2,32,36)/t16-,20+,21+,22-/m1/s1. The van der Waals surface area contributed by atoms with Crippen molar-refractivity contribution in [1.82, 2.24) is 10.2 Å². The van der Waals surface area contributed by atoms with E-state index in [-0.39, 0.29) is 61.5 Å². The van der Waals surface area contributed by atoms with Gasteiger partial charge in [0, 0.05) is 49.1 Å². The summed E-state index contributed by atoms with van der Waals surface area (Å²) in [6.45, 7) is 7.40. The summed E-state index contributed by atoms with van der Waals surface area (Å²) in [6, 6.07) is 1.73. The minimum absolute atomic E-state index is 0.0363. The third kappa shape index (κ3) is 8.41.